The van der Waals surface area contributed by atoms with Gasteiger partial charge in [0.2, 0.25) is 5.91 Å². The summed E-state index contributed by atoms with van der Waals surface area (Å²) in [6.45, 7) is 3.75. The fourth-order valence-electron chi connectivity index (χ4n) is 3.31. The molecule has 1 aliphatic heterocycles. The number of carbonyl (C=O) groups is 1. The largest absolute Gasteiger partial charge is 0.342 e. The summed E-state index contributed by atoms with van der Waals surface area (Å²) < 4.78 is 0. The Kier molecular flexibility index (Phi) is 3.76. The maximum Gasteiger partial charge on any atom is 0.246 e. The maximum atomic E-state index is 12.5. The van der Waals surface area contributed by atoms with Crippen molar-refractivity contribution in [3.63, 3.8) is 0 Å². The quantitative estimate of drug-likeness (QED) is 0.797. The van der Waals surface area contributed by atoms with Crippen molar-refractivity contribution in [1.82, 2.24) is 29.9 Å². The summed E-state index contributed by atoms with van der Waals surface area (Å²) in [6, 6.07) is 6.22. The minimum atomic E-state index is 0.0582. The van der Waals surface area contributed by atoms with Crippen molar-refractivity contribution in [1.29, 1.82) is 0 Å². The summed E-state index contributed by atoms with van der Waals surface area (Å²) in [5.74, 6) is 1.29. The van der Waals surface area contributed by atoms with Gasteiger partial charge < -0.3 is 9.88 Å². The third-order valence-electron chi connectivity index (χ3n) is 4.56. The van der Waals surface area contributed by atoms with Crippen molar-refractivity contribution < 1.29 is 4.79 Å². The molecule has 124 valence electrons. The Labute approximate surface area is 139 Å². The van der Waals surface area contributed by atoms with Crippen LogP contribution in [-0.4, -0.2) is 48.9 Å². The number of fused-ring (bicyclic) bond motifs is 1. The van der Waals surface area contributed by atoms with Crippen molar-refractivity contribution in [3.05, 3.63) is 42.0 Å². The number of imidazole rings is 1. The molecule has 0 saturated carbocycles. The van der Waals surface area contributed by atoms with Gasteiger partial charge in [-0.05, 0) is 37.5 Å². The molecular formula is C17H20N6O. The molecule has 0 spiro atoms. The monoisotopic (exact) mass is 324 g/mol. The molecule has 0 unspecified atom stereocenters. The summed E-state index contributed by atoms with van der Waals surface area (Å²) in [6.07, 6.45) is 5.20. The number of likely N-dealkylation sites (tertiary alicyclic amines) is 1. The number of aromatic nitrogens is 5. The SMILES string of the molecule is Cc1ccc2nc([C@H]3CCCN(C(=O)Cn4nccn4)C3)[nH]c2c1. The van der Waals surface area contributed by atoms with Gasteiger partial charge in [0.1, 0.15) is 12.4 Å². The fraction of sp³-hybridized carbons (Fsp3) is 0.412. The zero-order chi connectivity index (χ0) is 16.5. The lowest BCUT2D eigenvalue weighted by Gasteiger charge is -2.31. The topological polar surface area (TPSA) is 79.7 Å². The first-order chi connectivity index (χ1) is 11.7. The number of aryl methyl sites for hydroxylation is 1. The zero-order valence-corrected chi connectivity index (χ0v) is 13.6. The number of rotatable bonds is 3. The number of carbonyl (C=O) groups excluding carboxylic acids is 1. The van der Waals surface area contributed by atoms with Crippen LogP contribution in [0.3, 0.4) is 0 Å². The summed E-state index contributed by atoms with van der Waals surface area (Å²) in [5, 5.41) is 8.01. The molecule has 1 fully saturated rings. The second-order valence-electron chi connectivity index (χ2n) is 6.38. The molecule has 4 rings (SSSR count). The van der Waals surface area contributed by atoms with Crippen LogP contribution in [0.2, 0.25) is 0 Å². The molecule has 1 amide bonds. The number of hydrogen-bond donors (Lipinski definition) is 1. The number of nitrogens with zero attached hydrogens (tertiary/aromatic N) is 5. The molecule has 1 aromatic carbocycles. The van der Waals surface area contributed by atoms with Crippen LogP contribution in [0, 0.1) is 6.92 Å². The molecule has 2 aromatic heterocycles. The van der Waals surface area contributed by atoms with Crippen molar-refractivity contribution in [2.75, 3.05) is 13.1 Å². The smallest absolute Gasteiger partial charge is 0.246 e. The fourth-order valence-corrected chi connectivity index (χ4v) is 3.31. The van der Waals surface area contributed by atoms with Crippen LogP contribution < -0.4 is 0 Å². The molecule has 3 heterocycles. The average Bonchev–Trinajstić information content (AvgIpc) is 3.24. The number of hydrogen-bond acceptors (Lipinski definition) is 4. The number of benzene rings is 1. The number of aromatic amines is 1. The summed E-state index contributed by atoms with van der Waals surface area (Å²) in [7, 11) is 0. The summed E-state index contributed by atoms with van der Waals surface area (Å²) >= 11 is 0. The predicted octanol–water partition coefficient (Wildman–Crippen LogP) is 1.87. The number of H-pyrrole nitrogens is 1. The molecule has 0 bridgehead atoms. The van der Waals surface area contributed by atoms with E-state index in [1.807, 2.05) is 11.0 Å². The van der Waals surface area contributed by atoms with Gasteiger partial charge in [-0.1, -0.05) is 6.07 Å². The van der Waals surface area contributed by atoms with E-state index < -0.39 is 0 Å². The Hall–Kier alpha value is -2.70. The zero-order valence-electron chi connectivity index (χ0n) is 13.6. The standard InChI is InChI=1S/C17H20N6O/c1-12-4-5-14-15(9-12)21-17(20-14)13-3-2-8-22(10-13)16(24)11-23-18-6-7-19-23/h4-7,9,13H,2-3,8,10-11H2,1H3,(H,20,21)/t13-/m0/s1. The van der Waals surface area contributed by atoms with Crippen LogP contribution in [0.4, 0.5) is 0 Å². The first kappa shape index (κ1) is 14.9. The Balaban J connectivity index is 1.50. The highest BCUT2D eigenvalue weighted by Gasteiger charge is 2.27. The van der Waals surface area contributed by atoms with E-state index in [1.165, 1.54) is 10.4 Å². The van der Waals surface area contributed by atoms with Crippen molar-refractivity contribution in [2.24, 2.45) is 0 Å². The van der Waals surface area contributed by atoms with Gasteiger partial charge in [0.25, 0.3) is 0 Å². The van der Waals surface area contributed by atoms with Crippen LogP contribution in [0.15, 0.2) is 30.6 Å². The Morgan fingerprint density at radius 1 is 1.33 bits per heavy atom. The van der Waals surface area contributed by atoms with Crippen LogP contribution in [0.5, 0.6) is 0 Å². The summed E-state index contributed by atoms with van der Waals surface area (Å²) in [5.41, 5.74) is 3.26. The molecule has 24 heavy (non-hydrogen) atoms. The van der Waals surface area contributed by atoms with Gasteiger partial charge in [0, 0.05) is 19.0 Å². The van der Waals surface area contributed by atoms with Gasteiger partial charge in [-0.2, -0.15) is 15.0 Å². The van der Waals surface area contributed by atoms with Crippen LogP contribution in [0.25, 0.3) is 11.0 Å². The van der Waals surface area contributed by atoms with Gasteiger partial charge in [0.05, 0.1) is 23.4 Å². The normalized spacial score (nSPS) is 18.2. The minimum Gasteiger partial charge on any atom is -0.342 e. The van der Waals surface area contributed by atoms with E-state index in [2.05, 4.69) is 34.2 Å². The lowest BCUT2D eigenvalue weighted by Crippen LogP contribution is -2.41. The second kappa shape index (κ2) is 6.07. The Morgan fingerprint density at radius 3 is 3.00 bits per heavy atom. The molecule has 3 aromatic rings. The van der Waals surface area contributed by atoms with Crippen molar-refractivity contribution in [3.8, 4) is 0 Å². The average molecular weight is 324 g/mol. The van der Waals surface area contributed by atoms with E-state index in [9.17, 15) is 4.79 Å². The molecule has 1 atom stereocenters. The Morgan fingerprint density at radius 2 is 2.17 bits per heavy atom. The molecule has 1 aliphatic rings. The predicted molar refractivity (Wildman–Crippen MR) is 89.4 cm³/mol. The molecule has 7 heteroatoms. The van der Waals surface area contributed by atoms with Gasteiger partial charge in [-0.15, -0.1) is 0 Å². The van der Waals surface area contributed by atoms with E-state index in [1.54, 1.807) is 12.4 Å². The molecule has 7 nitrogen and oxygen atoms in total. The molecule has 1 saturated heterocycles. The van der Waals surface area contributed by atoms with E-state index in [-0.39, 0.29) is 18.4 Å². The summed E-state index contributed by atoms with van der Waals surface area (Å²) in [4.78, 5) is 23.9. The molecule has 1 N–H and O–H groups in total. The van der Waals surface area contributed by atoms with Crippen molar-refractivity contribution in [2.45, 2.75) is 32.2 Å². The lowest BCUT2D eigenvalue weighted by molar-refractivity contribution is -0.133. The van der Waals surface area contributed by atoms with Gasteiger partial charge >= 0.3 is 0 Å². The van der Waals surface area contributed by atoms with Gasteiger partial charge in [-0.3, -0.25) is 4.79 Å². The molecular weight excluding hydrogens is 304 g/mol. The highest BCUT2D eigenvalue weighted by atomic mass is 16.2. The lowest BCUT2D eigenvalue weighted by atomic mass is 9.97. The number of nitrogens with one attached hydrogen (secondary N) is 1. The van der Waals surface area contributed by atoms with Gasteiger partial charge in [0.15, 0.2) is 0 Å². The van der Waals surface area contributed by atoms with Crippen LogP contribution in [0.1, 0.15) is 30.1 Å². The van der Waals surface area contributed by atoms with Crippen LogP contribution in [-0.2, 0) is 11.3 Å². The van der Waals surface area contributed by atoms with Crippen LogP contribution >= 0.6 is 0 Å². The van der Waals surface area contributed by atoms with E-state index >= 15 is 0 Å². The highest BCUT2D eigenvalue weighted by Crippen LogP contribution is 2.27. The van der Waals surface area contributed by atoms with E-state index in [0.717, 1.165) is 36.2 Å². The first-order valence-corrected chi connectivity index (χ1v) is 8.27. The van der Waals surface area contributed by atoms with Crippen molar-refractivity contribution >= 4 is 16.9 Å². The Bertz CT molecular complexity index is 853. The highest BCUT2D eigenvalue weighted by molar-refractivity contribution is 5.77. The third kappa shape index (κ3) is 2.89. The molecule has 0 radical (unpaired) electrons. The van der Waals surface area contributed by atoms with Gasteiger partial charge in [-0.25, -0.2) is 4.98 Å². The van der Waals surface area contributed by atoms with E-state index in [4.69, 9.17) is 4.98 Å². The minimum absolute atomic E-state index is 0.0582. The maximum absolute atomic E-state index is 12.5. The number of amides is 1. The molecule has 0 aliphatic carbocycles. The number of piperidine rings is 1. The van der Waals surface area contributed by atoms with E-state index in [0.29, 0.717) is 6.54 Å². The third-order valence-corrected chi connectivity index (χ3v) is 4.56. The second-order valence-corrected chi connectivity index (χ2v) is 6.38. The first-order valence-electron chi connectivity index (χ1n) is 8.27.